The number of rotatable bonds is 6. The van der Waals surface area contributed by atoms with E-state index in [1.165, 1.54) is 30.9 Å². The van der Waals surface area contributed by atoms with Crippen LogP contribution in [0.1, 0.15) is 0 Å². The molecule has 4 rings (SSSR count). The van der Waals surface area contributed by atoms with E-state index < -0.39 is 53.1 Å². The van der Waals surface area contributed by atoms with Crippen molar-refractivity contribution in [2.75, 3.05) is 20.2 Å². The molecule has 0 spiro atoms. The molecule has 0 saturated carbocycles. The summed E-state index contributed by atoms with van der Waals surface area (Å²) in [7, 11) is 3.88. The highest BCUT2D eigenvalue weighted by molar-refractivity contribution is 6.30. The van der Waals surface area contributed by atoms with Gasteiger partial charge in [-0.25, -0.2) is 14.6 Å². The zero-order valence-electron chi connectivity index (χ0n) is 19.9. The first-order valence-corrected chi connectivity index (χ1v) is 11.3. The van der Waals surface area contributed by atoms with Crippen LogP contribution in [0.25, 0.3) is 0 Å². The van der Waals surface area contributed by atoms with E-state index in [9.17, 15) is 29.4 Å². The number of aliphatic hydroxyl groups excluding tert-OH is 1. The summed E-state index contributed by atoms with van der Waals surface area (Å²) in [6.45, 7) is -0.377. The molecule has 3 unspecified atom stereocenters. The first-order valence-electron chi connectivity index (χ1n) is 10.9. The molecule has 37 heavy (non-hydrogen) atoms. The lowest BCUT2D eigenvalue weighted by atomic mass is 10.1. The van der Waals surface area contributed by atoms with Gasteiger partial charge in [-0.3, -0.25) is 24.0 Å². The maximum Gasteiger partial charge on any atom is 0.333 e. The molecule has 1 aromatic heterocycles. The van der Waals surface area contributed by atoms with Gasteiger partial charge in [-0.15, -0.1) is 10.2 Å². The molecule has 2 aromatic rings. The van der Waals surface area contributed by atoms with Crippen molar-refractivity contribution in [3.05, 3.63) is 50.1 Å². The Morgan fingerprint density at radius 2 is 1.78 bits per heavy atom. The summed E-state index contributed by atoms with van der Waals surface area (Å²) in [6.07, 6.45) is -2.14. The lowest BCUT2D eigenvalue weighted by molar-refractivity contribution is -0.127. The number of likely N-dealkylation sites (N-methyl/N-ethyl adjacent to an activating group) is 1. The number of imide groups is 1. The van der Waals surface area contributed by atoms with Crippen LogP contribution in [0.5, 0.6) is 11.6 Å². The third kappa shape index (κ3) is 4.90. The number of carbonyl (C=O) groups is 2. The predicted molar refractivity (Wildman–Crippen MR) is 129 cm³/mol. The Morgan fingerprint density at radius 3 is 2.46 bits per heavy atom. The zero-order valence-corrected chi connectivity index (χ0v) is 20.7. The van der Waals surface area contributed by atoms with Crippen LogP contribution in [0.4, 0.5) is 10.5 Å². The number of nitrogens with zero attached hydrogens (tertiary/aromatic N) is 7. The van der Waals surface area contributed by atoms with E-state index >= 15 is 0 Å². The topological polar surface area (TPSA) is 183 Å². The molecule has 15 nitrogen and oxygen atoms in total. The van der Waals surface area contributed by atoms with Crippen LogP contribution in [0.15, 0.2) is 49.1 Å². The molecule has 2 aliphatic heterocycles. The lowest BCUT2D eigenvalue weighted by Crippen LogP contribution is -2.64. The van der Waals surface area contributed by atoms with Gasteiger partial charge in [0, 0.05) is 26.2 Å². The fraction of sp³-hybridized carbons (Fsp3) is 0.381. The number of amides is 3. The Hall–Kier alpha value is -4.24. The summed E-state index contributed by atoms with van der Waals surface area (Å²) in [5.74, 6) is -1.12. The molecule has 3 heterocycles. The summed E-state index contributed by atoms with van der Waals surface area (Å²) >= 11 is 5.86. The van der Waals surface area contributed by atoms with E-state index in [1.54, 1.807) is 24.3 Å². The zero-order chi connectivity index (χ0) is 27.0. The van der Waals surface area contributed by atoms with Gasteiger partial charge in [0.15, 0.2) is 12.2 Å². The number of urea groups is 1. The maximum absolute atomic E-state index is 12.7. The number of aromatic hydroxyl groups is 1. The van der Waals surface area contributed by atoms with Crippen molar-refractivity contribution in [2.24, 2.45) is 29.3 Å². The molecule has 1 fully saturated rings. The van der Waals surface area contributed by atoms with Gasteiger partial charge < -0.3 is 24.7 Å². The van der Waals surface area contributed by atoms with Crippen LogP contribution in [-0.2, 0) is 18.9 Å². The number of guanidine groups is 1. The largest absolute Gasteiger partial charge is 0.493 e. The number of hydrogen-bond acceptors (Lipinski definition) is 11. The van der Waals surface area contributed by atoms with Crippen molar-refractivity contribution in [1.82, 2.24) is 24.3 Å². The summed E-state index contributed by atoms with van der Waals surface area (Å²) < 4.78 is 7.11. The molecular weight excluding hydrogens is 512 g/mol. The van der Waals surface area contributed by atoms with Crippen LogP contribution in [0.3, 0.4) is 0 Å². The highest BCUT2D eigenvalue weighted by Gasteiger charge is 2.49. The second kappa shape index (κ2) is 10.0. The van der Waals surface area contributed by atoms with Crippen LogP contribution >= 0.6 is 11.6 Å². The molecule has 16 heteroatoms. The Kier molecular flexibility index (Phi) is 7.00. The first-order chi connectivity index (χ1) is 17.5. The van der Waals surface area contributed by atoms with Crippen molar-refractivity contribution < 1.29 is 24.5 Å². The smallest absolute Gasteiger partial charge is 0.333 e. The Balaban J connectivity index is 1.62. The number of azo groups is 1. The fourth-order valence-corrected chi connectivity index (χ4v) is 3.92. The number of aromatic nitrogens is 2. The standard InChI is InChI=1S/C21H23ClN8O7/c1-27-15-14(16(32)24-20(27)35)30(8-11(31)9-37-12-6-4-10(22)5-7-12)19(23-15)26-25-13-17(33)28(2)21(36)29(3)18(13)34/h4-7,11,14-15,31,33H,8-9H2,1-3H3,(H,24,32,35). The molecule has 1 saturated heterocycles. The average molecular weight is 535 g/mol. The number of nitrogens with one attached hydrogen (secondary N) is 1. The molecule has 3 atom stereocenters. The number of ether oxygens (including phenoxy) is 1. The van der Waals surface area contributed by atoms with E-state index in [0.717, 1.165) is 9.13 Å². The predicted octanol–water partition coefficient (Wildman–Crippen LogP) is -0.485. The van der Waals surface area contributed by atoms with E-state index in [1.807, 2.05) is 0 Å². The summed E-state index contributed by atoms with van der Waals surface area (Å²) in [5.41, 5.74) is -2.22. The van der Waals surface area contributed by atoms with Gasteiger partial charge in [-0.1, -0.05) is 11.6 Å². The van der Waals surface area contributed by atoms with Gasteiger partial charge in [0.05, 0.1) is 6.54 Å². The molecule has 2 aliphatic rings. The number of halogens is 1. The monoisotopic (exact) mass is 534 g/mol. The number of aliphatic hydroxyl groups is 1. The van der Waals surface area contributed by atoms with E-state index in [4.69, 9.17) is 16.3 Å². The molecule has 3 N–H and O–H groups in total. The number of carbonyl (C=O) groups excluding carboxylic acids is 2. The van der Waals surface area contributed by atoms with Gasteiger partial charge in [-0.2, -0.15) is 0 Å². The van der Waals surface area contributed by atoms with E-state index in [2.05, 4.69) is 20.5 Å². The van der Waals surface area contributed by atoms with Gasteiger partial charge in [0.2, 0.25) is 17.5 Å². The minimum absolute atomic E-state index is 0.168. The van der Waals surface area contributed by atoms with E-state index in [0.29, 0.717) is 10.8 Å². The minimum Gasteiger partial charge on any atom is -0.493 e. The summed E-state index contributed by atoms with van der Waals surface area (Å²) in [6, 6.07) is 4.76. The van der Waals surface area contributed by atoms with Crippen molar-refractivity contribution in [3.8, 4) is 11.6 Å². The number of hydrogen-bond donors (Lipinski definition) is 3. The normalized spacial score (nSPS) is 20.2. The SMILES string of the molecule is CN1C(=O)NC(=O)C2C1N=C(N=Nc1c(O)n(C)c(=O)n(C)c1=O)N2CC(O)COc1ccc(Cl)cc1. The number of benzene rings is 1. The second-order valence-electron chi connectivity index (χ2n) is 8.34. The molecular formula is C21H23ClN8O7. The molecule has 0 radical (unpaired) electrons. The van der Waals surface area contributed by atoms with Gasteiger partial charge in [0.25, 0.3) is 11.5 Å². The Morgan fingerprint density at radius 1 is 1.11 bits per heavy atom. The van der Waals surface area contributed by atoms with Crippen molar-refractivity contribution in [2.45, 2.75) is 18.3 Å². The number of β-amino-alcohol motifs (C(OH)–C–C–N with tert-alkyl or cyclic N) is 1. The molecule has 3 amide bonds. The Bertz CT molecular complexity index is 1420. The van der Waals surface area contributed by atoms with Gasteiger partial charge >= 0.3 is 11.7 Å². The quantitative estimate of drug-likeness (QED) is 0.415. The molecule has 0 aliphatic carbocycles. The second-order valence-corrected chi connectivity index (χ2v) is 8.78. The molecule has 196 valence electrons. The average Bonchev–Trinajstić information content (AvgIpc) is 3.23. The molecule has 0 bridgehead atoms. The van der Waals surface area contributed by atoms with Crippen LogP contribution in [0, 0.1) is 0 Å². The Labute approximate surface area is 213 Å². The molecule has 1 aromatic carbocycles. The summed E-state index contributed by atoms with van der Waals surface area (Å²) in [4.78, 5) is 56.0. The highest BCUT2D eigenvalue weighted by Crippen LogP contribution is 2.27. The number of aliphatic imine (C=N–C) groups is 1. The van der Waals surface area contributed by atoms with Gasteiger partial charge in [-0.05, 0) is 24.3 Å². The number of fused-ring (bicyclic) bond motifs is 1. The lowest BCUT2D eigenvalue weighted by Gasteiger charge is -2.36. The van der Waals surface area contributed by atoms with E-state index in [-0.39, 0.29) is 19.1 Å². The van der Waals surface area contributed by atoms with Crippen LogP contribution < -0.4 is 21.3 Å². The van der Waals surface area contributed by atoms with Gasteiger partial charge in [0.1, 0.15) is 18.5 Å². The first kappa shape index (κ1) is 25.8. The van der Waals surface area contributed by atoms with Crippen molar-refractivity contribution >= 4 is 35.2 Å². The van der Waals surface area contributed by atoms with Crippen LogP contribution in [0.2, 0.25) is 5.02 Å². The highest BCUT2D eigenvalue weighted by atomic mass is 35.5. The van der Waals surface area contributed by atoms with Crippen LogP contribution in [-0.4, -0.2) is 85.6 Å². The van der Waals surface area contributed by atoms with Crippen molar-refractivity contribution in [1.29, 1.82) is 0 Å². The maximum atomic E-state index is 12.7. The third-order valence-corrected chi connectivity index (χ3v) is 6.10. The third-order valence-electron chi connectivity index (χ3n) is 5.85. The minimum atomic E-state index is -1.15. The van der Waals surface area contributed by atoms with Crippen molar-refractivity contribution in [3.63, 3.8) is 0 Å². The summed E-state index contributed by atoms with van der Waals surface area (Å²) in [5, 5.41) is 31.3. The fourth-order valence-electron chi connectivity index (χ4n) is 3.79.